The molecule has 0 radical (unpaired) electrons. The summed E-state index contributed by atoms with van der Waals surface area (Å²) in [5.74, 6) is 0.559. The third kappa shape index (κ3) is 1.76. The molecule has 0 atom stereocenters. The summed E-state index contributed by atoms with van der Waals surface area (Å²) in [6.07, 6.45) is 0. The molecule has 0 saturated carbocycles. The predicted molar refractivity (Wildman–Crippen MR) is 70.9 cm³/mol. The molecule has 1 aromatic heterocycles. The van der Waals surface area contributed by atoms with E-state index in [-0.39, 0.29) is 5.91 Å². The number of ether oxygens (including phenoxy) is 1. The highest BCUT2D eigenvalue weighted by Gasteiger charge is 2.35. The highest BCUT2D eigenvalue weighted by Crippen LogP contribution is 2.36. The summed E-state index contributed by atoms with van der Waals surface area (Å²) in [5.41, 5.74) is 3.53. The fraction of sp³-hybridized carbons (Fsp3) is 0.231. The molecule has 18 heavy (non-hydrogen) atoms. The average molecular weight is 260 g/mol. The molecule has 0 spiro atoms. The van der Waals surface area contributed by atoms with Gasteiger partial charge in [0.1, 0.15) is 5.75 Å². The van der Waals surface area contributed by atoms with Gasteiger partial charge in [0.25, 0.3) is 5.91 Å². The van der Waals surface area contributed by atoms with Crippen LogP contribution < -0.4 is 10.1 Å². The second kappa shape index (κ2) is 3.81. The Bertz CT molecular complexity index is 605. The number of hydrogen-bond acceptors (Lipinski definition) is 4. The molecule has 0 saturated heterocycles. The second-order valence-corrected chi connectivity index (χ2v) is 5.37. The van der Waals surface area contributed by atoms with Crippen LogP contribution in [-0.2, 0) is 4.79 Å². The van der Waals surface area contributed by atoms with Crippen LogP contribution in [0.25, 0.3) is 11.3 Å². The standard InChI is InChI=1S/C13H12N2O2S/c1-13(2)12(16)15-9-5-8(3-4-11(9)17-13)10-6-18-7-14-10/h3-7H,1-2H3,(H,15,16). The number of carbonyl (C=O) groups is 1. The van der Waals surface area contributed by atoms with Crippen molar-refractivity contribution >= 4 is 22.9 Å². The summed E-state index contributed by atoms with van der Waals surface area (Å²) in [7, 11) is 0. The van der Waals surface area contributed by atoms with E-state index in [1.165, 1.54) is 0 Å². The quantitative estimate of drug-likeness (QED) is 0.857. The van der Waals surface area contributed by atoms with Crippen LogP contribution in [0.4, 0.5) is 5.69 Å². The van der Waals surface area contributed by atoms with Crippen molar-refractivity contribution < 1.29 is 9.53 Å². The first-order valence-electron chi connectivity index (χ1n) is 5.59. The van der Waals surface area contributed by atoms with Gasteiger partial charge < -0.3 is 10.1 Å². The molecular weight excluding hydrogens is 248 g/mol. The molecule has 92 valence electrons. The molecule has 0 fully saturated rings. The van der Waals surface area contributed by atoms with E-state index >= 15 is 0 Å². The molecule has 1 aromatic carbocycles. The number of nitrogens with zero attached hydrogens (tertiary/aromatic N) is 1. The lowest BCUT2D eigenvalue weighted by atomic mass is 10.0. The Balaban J connectivity index is 2.03. The second-order valence-electron chi connectivity index (χ2n) is 4.65. The Kier molecular flexibility index (Phi) is 2.38. The molecule has 0 aliphatic carbocycles. The van der Waals surface area contributed by atoms with Gasteiger partial charge in [-0.05, 0) is 32.0 Å². The van der Waals surface area contributed by atoms with E-state index in [1.807, 2.05) is 23.6 Å². The maximum Gasteiger partial charge on any atom is 0.268 e. The monoisotopic (exact) mass is 260 g/mol. The molecule has 5 heteroatoms. The van der Waals surface area contributed by atoms with E-state index in [0.717, 1.165) is 11.3 Å². The summed E-state index contributed by atoms with van der Waals surface area (Å²) in [6.45, 7) is 3.50. The number of carbonyl (C=O) groups excluding carboxylic acids is 1. The molecular formula is C13H12N2O2S. The van der Waals surface area contributed by atoms with Gasteiger partial charge in [0, 0.05) is 10.9 Å². The van der Waals surface area contributed by atoms with Crippen LogP contribution in [0.15, 0.2) is 29.1 Å². The number of hydrogen-bond donors (Lipinski definition) is 1. The maximum absolute atomic E-state index is 11.8. The molecule has 4 nitrogen and oxygen atoms in total. The van der Waals surface area contributed by atoms with Gasteiger partial charge in [-0.15, -0.1) is 11.3 Å². The van der Waals surface area contributed by atoms with Crippen molar-refractivity contribution in [3.8, 4) is 17.0 Å². The molecule has 0 bridgehead atoms. The highest BCUT2D eigenvalue weighted by atomic mass is 32.1. The van der Waals surface area contributed by atoms with Crippen molar-refractivity contribution in [1.82, 2.24) is 4.98 Å². The average Bonchev–Trinajstić information content (AvgIpc) is 2.83. The zero-order valence-electron chi connectivity index (χ0n) is 10.1. The minimum Gasteiger partial charge on any atom is -0.476 e. The van der Waals surface area contributed by atoms with E-state index in [9.17, 15) is 4.79 Å². The Morgan fingerprint density at radius 3 is 2.94 bits per heavy atom. The summed E-state index contributed by atoms with van der Waals surface area (Å²) >= 11 is 1.54. The Labute approximate surface area is 109 Å². The summed E-state index contributed by atoms with van der Waals surface area (Å²) < 4.78 is 5.67. The van der Waals surface area contributed by atoms with Crippen LogP contribution in [0, 0.1) is 0 Å². The topological polar surface area (TPSA) is 51.2 Å². The molecule has 1 N–H and O–H groups in total. The molecule has 2 aromatic rings. The number of anilines is 1. The van der Waals surface area contributed by atoms with Crippen LogP contribution >= 0.6 is 11.3 Å². The third-order valence-corrected chi connectivity index (χ3v) is 3.45. The lowest BCUT2D eigenvalue weighted by molar-refractivity contribution is -0.129. The third-order valence-electron chi connectivity index (χ3n) is 2.87. The van der Waals surface area contributed by atoms with Crippen LogP contribution in [-0.4, -0.2) is 16.5 Å². The largest absolute Gasteiger partial charge is 0.476 e. The van der Waals surface area contributed by atoms with Gasteiger partial charge in [-0.25, -0.2) is 4.98 Å². The van der Waals surface area contributed by atoms with E-state index in [0.29, 0.717) is 11.4 Å². The number of aromatic nitrogens is 1. The first kappa shape index (κ1) is 11.2. The normalized spacial score (nSPS) is 16.7. The van der Waals surface area contributed by atoms with E-state index in [4.69, 9.17) is 4.74 Å². The van der Waals surface area contributed by atoms with Gasteiger partial charge in [-0.1, -0.05) is 0 Å². The lowest BCUT2D eigenvalue weighted by Crippen LogP contribution is -2.45. The van der Waals surface area contributed by atoms with Gasteiger partial charge in [-0.3, -0.25) is 4.79 Å². The van der Waals surface area contributed by atoms with E-state index in [1.54, 1.807) is 30.7 Å². The summed E-state index contributed by atoms with van der Waals surface area (Å²) in [6, 6.07) is 5.70. The first-order chi connectivity index (χ1) is 8.56. The van der Waals surface area contributed by atoms with Gasteiger partial charge in [-0.2, -0.15) is 0 Å². The van der Waals surface area contributed by atoms with Crippen LogP contribution in [0.2, 0.25) is 0 Å². The van der Waals surface area contributed by atoms with Crippen molar-refractivity contribution in [2.24, 2.45) is 0 Å². The number of amides is 1. The van der Waals surface area contributed by atoms with Crippen molar-refractivity contribution in [1.29, 1.82) is 0 Å². The van der Waals surface area contributed by atoms with Crippen molar-refractivity contribution in [3.63, 3.8) is 0 Å². The number of thiazole rings is 1. The van der Waals surface area contributed by atoms with Crippen molar-refractivity contribution in [2.75, 3.05) is 5.32 Å². The SMILES string of the molecule is CC1(C)Oc2ccc(-c3cscn3)cc2NC1=O. The van der Waals surface area contributed by atoms with Crippen LogP contribution in [0.5, 0.6) is 5.75 Å². The number of nitrogens with one attached hydrogen (secondary N) is 1. The Morgan fingerprint density at radius 2 is 2.22 bits per heavy atom. The zero-order valence-corrected chi connectivity index (χ0v) is 10.9. The van der Waals surface area contributed by atoms with Crippen molar-refractivity contribution in [2.45, 2.75) is 19.4 Å². The highest BCUT2D eigenvalue weighted by molar-refractivity contribution is 7.07. The number of fused-ring (bicyclic) bond motifs is 1. The fourth-order valence-electron chi connectivity index (χ4n) is 1.83. The lowest BCUT2D eigenvalue weighted by Gasteiger charge is -2.31. The van der Waals surface area contributed by atoms with Crippen LogP contribution in [0.3, 0.4) is 0 Å². The predicted octanol–water partition coefficient (Wildman–Crippen LogP) is 2.92. The van der Waals surface area contributed by atoms with E-state index in [2.05, 4.69) is 10.3 Å². The minimum atomic E-state index is -0.824. The van der Waals surface area contributed by atoms with Crippen LogP contribution in [0.1, 0.15) is 13.8 Å². The van der Waals surface area contributed by atoms with Gasteiger partial charge in [0.15, 0.2) is 5.60 Å². The summed E-state index contributed by atoms with van der Waals surface area (Å²) in [4.78, 5) is 16.1. The molecule has 3 rings (SSSR count). The smallest absolute Gasteiger partial charge is 0.268 e. The van der Waals surface area contributed by atoms with Gasteiger partial charge >= 0.3 is 0 Å². The molecule has 1 aliphatic heterocycles. The Morgan fingerprint density at radius 1 is 1.39 bits per heavy atom. The molecule has 0 unspecified atom stereocenters. The molecule has 2 heterocycles. The Hall–Kier alpha value is -1.88. The molecule has 1 aliphatic rings. The van der Waals surface area contributed by atoms with Crippen molar-refractivity contribution in [3.05, 3.63) is 29.1 Å². The fourth-order valence-corrected chi connectivity index (χ4v) is 2.39. The number of benzene rings is 1. The zero-order chi connectivity index (χ0) is 12.8. The van der Waals surface area contributed by atoms with E-state index < -0.39 is 5.60 Å². The van der Waals surface area contributed by atoms with Gasteiger partial charge in [0.05, 0.1) is 16.9 Å². The first-order valence-corrected chi connectivity index (χ1v) is 6.54. The van der Waals surface area contributed by atoms with Gasteiger partial charge in [0.2, 0.25) is 0 Å². The maximum atomic E-state index is 11.8. The minimum absolute atomic E-state index is 0.134. The summed E-state index contributed by atoms with van der Waals surface area (Å²) in [5, 5.41) is 4.83. The number of rotatable bonds is 1. The molecule has 1 amide bonds.